The van der Waals surface area contributed by atoms with Crippen LogP contribution in [-0.4, -0.2) is 22.5 Å². The lowest BCUT2D eigenvalue weighted by Crippen LogP contribution is -2.25. The smallest absolute Gasteiger partial charge is 0.257 e. The summed E-state index contributed by atoms with van der Waals surface area (Å²) in [6.45, 7) is 0.479. The first-order valence-corrected chi connectivity index (χ1v) is 7.07. The fourth-order valence-electron chi connectivity index (χ4n) is 2.68. The zero-order valence-corrected chi connectivity index (χ0v) is 11.9. The molecule has 0 saturated carbocycles. The topological polar surface area (TPSA) is 64.0 Å². The standard InChI is InChI=1S/C16H17N3O2/c1-17-15(20)12-7-5-11(6-8-12)9-19-10-18-14-4-2-3-13(14)16(19)21/h5-8,10H,2-4,9H2,1H3,(H,17,20). The Hall–Kier alpha value is -2.43. The summed E-state index contributed by atoms with van der Waals surface area (Å²) in [6, 6.07) is 7.26. The van der Waals surface area contributed by atoms with E-state index in [2.05, 4.69) is 10.3 Å². The maximum Gasteiger partial charge on any atom is 0.257 e. The molecule has 1 aromatic carbocycles. The first-order valence-electron chi connectivity index (χ1n) is 7.07. The van der Waals surface area contributed by atoms with Crippen LogP contribution in [0, 0.1) is 0 Å². The van der Waals surface area contributed by atoms with Crippen molar-refractivity contribution in [1.29, 1.82) is 0 Å². The summed E-state index contributed by atoms with van der Waals surface area (Å²) in [7, 11) is 1.60. The molecule has 0 atom stereocenters. The maximum atomic E-state index is 12.3. The molecule has 0 bridgehead atoms. The van der Waals surface area contributed by atoms with Gasteiger partial charge in [0.25, 0.3) is 11.5 Å². The molecule has 108 valence electrons. The van der Waals surface area contributed by atoms with Crippen LogP contribution in [0.15, 0.2) is 35.4 Å². The lowest BCUT2D eigenvalue weighted by molar-refractivity contribution is 0.0963. The first-order chi connectivity index (χ1) is 10.2. The fraction of sp³-hybridized carbons (Fsp3) is 0.312. The zero-order chi connectivity index (χ0) is 14.8. The second-order valence-corrected chi connectivity index (χ2v) is 5.23. The number of carbonyl (C=O) groups excluding carboxylic acids is 1. The number of fused-ring (bicyclic) bond motifs is 1. The molecule has 5 nitrogen and oxygen atoms in total. The maximum absolute atomic E-state index is 12.3. The van der Waals surface area contributed by atoms with Gasteiger partial charge in [-0.15, -0.1) is 0 Å². The Bertz CT molecular complexity index is 732. The molecular formula is C16H17N3O2. The number of aromatic nitrogens is 2. The molecule has 0 saturated heterocycles. The Balaban J connectivity index is 1.84. The average molecular weight is 283 g/mol. The zero-order valence-electron chi connectivity index (χ0n) is 11.9. The average Bonchev–Trinajstić information content (AvgIpc) is 2.99. The molecule has 1 aromatic heterocycles. The predicted molar refractivity (Wildman–Crippen MR) is 79.5 cm³/mol. The minimum atomic E-state index is -0.113. The van der Waals surface area contributed by atoms with Crippen LogP contribution in [0.2, 0.25) is 0 Å². The number of benzene rings is 1. The molecule has 1 heterocycles. The predicted octanol–water partition coefficient (Wildman–Crippen LogP) is 1.14. The van der Waals surface area contributed by atoms with Gasteiger partial charge in [-0.3, -0.25) is 14.2 Å². The van der Waals surface area contributed by atoms with Gasteiger partial charge in [0.2, 0.25) is 0 Å². The van der Waals surface area contributed by atoms with Gasteiger partial charge >= 0.3 is 0 Å². The van der Waals surface area contributed by atoms with Crippen molar-refractivity contribution in [2.24, 2.45) is 0 Å². The van der Waals surface area contributed by atoms with Gasteiger partial charge < -0.3 is 5.32 Å². The van der Waals surface area contributed by atoms with Gasteiger partial charge in [-0.2, -0.15) is 0 Å². The van der Waals surface area contributed by atoms with Crippen molar-refractivity contribution in [3.63, 3.8) is 0 Å². The van der Waals surface area contributed by atoms with E-state index in [-0.39, 0.29) is 11.5 Å². The van der Waals surface area contributed by atoms with Gasteiger partial charge in [0.05, 0.1) is 18.6 Å². The third kappa shape index (κ3) is 2.59. The van der Waals surface area contributed by atoms with Crippen molar-refractivity contribution in [3.05, 3.63) is 63.3 Å². The van der Waals surface area contributed by atoms with Crippen molar-refractivity contribution in [1.82, 2.24) is 14.9 Å². The largest absolute Gasteiger partial charge is 0.355 e. The van der Waals surface area contributed by atoms with Crippen LogP contribution in [0.3, 0.4) is 0 Å². The lowest BCUT2D eigenvalue weighted by atomic mass is 10.1. The van der Waals surface area contributed by atoms with E-state index in [0.717, 1.165) is 36.1 Å². The van der Waals surface area contributed by atoms with Crippen molar-refractivity contribution < 1.29 is 4.79 Å². The lowest BCUT2D eigenvalue weighted by Gasteiger charge is -2.08. The van der Waals surface area contributed by atoms with Crippen LogP contribution in [0.5, 0.6) is 0 Å². The van der Waals surface area contributed by atoms with Gasteiger partial charge in [-0.25, -0.2) is 4.98 Å². The summed E-state index contributed by atoms with van der Waals surface area (Å²) in [4.78, 5) is 28.2. The summed E-state index contributed by atoms with van der Waals surface area (Å²) in [5.74, 6) is -0.113. The molecule has 3 rings (SSSR count). The fourth-order valence-corrected chi connectivity index (χ4v) is 2.68. The van der Waals surface area contributed by atoms with E-state index in [4.69, 9.17) is 0 Å². The summed E-state index contributed by atoms with van der Waals surface area (Å²) >= 11 is 0. The van der Waals surface area contributed by atoms with E-state index < -0.39 is 0 Å². The van der Waals surface area contributed by atoms with Crippen molar-refractivity contribution in [2.45, 2.75) is 25.8 Å². The van der Waals surface area contributed by atoms with Crippen molar-refractivity contribution >= 4 is 5.91 Å². The summed E-state index contributed by atoms with van der Waals surface area (Å²) in [6.07, 6.45) is 4.38. The van der Waals surface area contributed by atoms with E-state index in [0.29, 0.717) is 12.1 Å². The normalized spacial score (nSPS) is 13.0. The van der Waals surface area contributed by atoms with Crippen molar-refractivity contribution in [3.8, 4) is 0 Å². The highest BCUT2D eigenvalue weighted by Gasteiger charge is 2.17. The van der Waals surface area contributed by atoms with E-state index in [1.54, 1.807) is 30.1 Å². The molecule has 2 aromatic rings. The Kier molecular flexibility index (Phi) is 3.56. The molecule has 1 aliphatic rings. The Labute approximate surface area is 122 Å². The number of carbonyl (C=O) groups is 1. The summed E-state index contributed by atoms with van der Waals surface area (Å²) < 4.78 is 1.64. The van der Waals surface area contributed by atoms with Crippen LogP contribution in [-0.2, 0) is 19.4 Å². The van der Waals surface area contributed by atoms with Crippen LogP contribution >= 0.6 is 0 Å². The van der Waals surface area contributed by atoms with Gasteiger partial charge in [0.1, 0.15) is 0 Å². The molecule has 0 spiro atoms. The summed E-state index contributed by atoms with van der Waals surface area (Å²) in [5.41, 5.74) is 3.46. The highest BCUT2D eigenvalue weighted by Crippen LogP contribution is 2.15. The van der Waals surface area contributed by atoms with E-state index in [1.807, 2.05) is 12.1 Å². The number of amides is 1. The molecule has 1 aliphatic carbocycles. The number of rotatable bonds is 3. The second-order valence-electron chi connectivity index (χ2n) is 5.23. The summed E-state index contributed by atoms with van der Waals surface area (Å²) in [5, 5.41) is 2.58. The molecule has 1 N–H and O–H groups in total. The number of hydrogen-bond donors (Lipinski definition) is 1. The van der Waals surface area contributed by atoms with Crippen LogP contribution < -0.4 is 10.9 Å². The highest BCUT2D eigenvalue weighted by atomic mass is 16.1. The Morgan fingerprint density at radius 3 is 2.76 bits per heavy atom. The third-order valence-electron chi connectivity index (χ3n) is 3.86. The second kappa shape index (κ2) is 5.52. The number of nitrogens with zero attached hydrogens (tertiary/aromatic N) is 2. The first kappa shape index (κ1) is 13.5. The van der Waals surface area contributed by atoms with Gasteiger partial charge in [0, 0.05) is 18.2 Å². The van der Waals surface area contributed by atoms with E-state index in [1.165, 1.54) is 0 Å². The third-order valence-corrected chi connectivity index (χ3v) is 3.86. The molecule has 1 amide bonds. The molecule has 5 heteroatoms. The van der Waals surface area contributed by atoms with E-state index >= 15 is 0 Å². The van der Waals surface area contributed by atoms with E-state index in [9.17, 15) is 9.59 Å². The molecule has 0 aliphatic heterocycles. The van der Waals surface area contributed by atoms with Gasteiger partial charge in [-0.05, 0) is 37.0 Å². The number of nitrogens with one attached hydrogen (secondary N) is 1. The number of aryl methyl sites for hydroxylation is 1. The molecule has 0 radical (unpaired) electrons. The molecular weight excluding hydrogens is 266 g/mol. The van der Waals surface area contributed by atoms with Crippen LogP contribution in [0.1, 0.15) is 33.6 Å². The Morgan fingerprint density at radius 1 is 1.29 bits per heavy atom. The molecule has 21 heavy (non-hydrogen) atoms. The van der Waals surface area contributed by atoms with Crippen LogP contribution in [0.4, 0.5) is 0 Å². The minimum Gasteiger partial charge on any atom is -0.355 e. The monoisotopic (exact) mass is 283 g/mol. The van der Waals surface area contributed by atoms with Crippen LogP contribution in [0.25, 0.3) is 0 Å². The van der Waals surface area contributed by atoms with Crippen molar-refractivity contribution in [2.75, 3.05) is 7.05 Å². The highest BCUT2D eigenvalue weighted by molar-refractivity contribution is 5.93. The molecule has 0 fully saturated rings. The van der Waals surface area contributed by atoms with Gasteiger partial charge in [0.15, 0.2) is 0 Å². The Morgan fingerprint density at radius 2 is 2.05 bits per heavy atom. The quantitative estimate of drug-likeness (QED) is 0.918. The molecule has 0 unspecified atom stereocenters. The number of hydrogen-bond acceptors (Lipinski definition) is 3. The SMILES string of the molecule is CNC(=O)c1ccc(Cn2cnc3c(c2=O)CCC3)cc1. The van der Waals surface area contributed by atoms with Gasteiger partial charge in [-0.1, -0.05) is 12.1 Å². The minimum absolute atomic E-state index is 0.0628.